The molecule has 2 aromatic heterocycles. The van der Waals surface area contributed by atoms with E-state index in [4.69, 9.17) is 5.11 Å². The summed E-state index contributed by atoms with van der Waals surface area (Å²) >= 11 is 0. The quantitative estimate of drug-likeness (QED) is 0.532. The van der Waals surface area contributed by atoms with Crippen molar-refractivity contribution in [3.63, 3.8) is 0 Å². The van der Waals surface area contributed by atoms with Crippen LogP contribution in [0.3, 0.4) is 0 Å². The Morgan fingerprint density at radius 1 is 1.16 bits per heavy atom. The molecule has 12 heteroatoms. The highest BCUT2D eigenvalue weighted by molar-refractivity contribution is 6.08. The number of aliphatic carboxylic acids is 1. The number of fused-ring (bicyclic) bond motifs is 1. The Morgan fingerprint density at radius 3 is 2.44 bits per heavy atom. The standard InChI is InChI=1S/C20H24N6O6/c1-10-12(11(2)21-16-15(10)17(30)23-24(16)3)8-13(27)25-6-4-20(5-7-25)18(31)26(9-14(28)29)19(32)22-20/h4-9H2,1-3H3,(H,22,32)(H,23,30)(H,28,29). The van der Waals surface area contributed by atoms with Gasteiger partial charge in [-0.05, 0) is 37.8 Å². The Balaban J connectivity index is 1.49. The molecule has 12 nitrogen and oxygen atoms in total. The molecule has 2 saturated heterocycles. The van der Waals surface area contributed by atoms with E-state index in [1.165, 1.54) is 0 Å². The first-order valence-electron chi connectivity index (χ1n) is 10.2. The van der Waals surface area contributed by atoms with Gasteiger partial charge < -0.3 is 15.3 Å². The fourth-order valence-corrected chi connectivity index (χ4v) is 4.60. The molecule has 0 aromatic carbocycles. The fourth-order valence-electron chi connectivity index (χ4n) is 4.60. The van der Waals surface area contributed by atoms with E-state index in [1.54, 1.807) is 30.5 Å². The molecule has 4 heterocycles. The predicted octanol–water partition coefficient (Wildman–Crippen LogP) is -0.581. The summed E-state index contributed by atoms with van der Waals surface area (Å²) in [5.41, 5.74) is 1.16. The van der Waals surface area contributed by atoms with E-state index in [0.29, 0.717) is 32.8 Å². The molecular formula is C20H24N6O6. The van der Waals surface area contributed by atoms with Crippen LogP contribution in [0.2, 0.25) is 0 Å². The normalized spacial score (nSPS) is 18.0. The molecule has 0 unspecified atom stereocenters. The number of rotatable bonds is 4. The molecule has 0 radical (unpaired) electrons. The molecule has 2 aliphatic rings. The van der Waals surface area contributed by atoms with Crippen LogP contribution in [0.1, 0.15) is 29.7 Å². The minimum absolute atomic E-state index is 0.0629. The summed E-state index contributed by atoms with van der Waals surface area (Å²) in [5.74, 6) is -2.01. The number of imide groups is 1. The van der Waals surface area contributed by atoms with Crippen molar-refractivity contribution in [1.82, 2.24) is 29.9 Å². The number of hydrogen-bond acceptors (Lipinski definition) is 6. The number of nitrogens with zero attached hydrogens (tertiary/aromatic N) is 4. The number of likely N-dealkylation sites (tertiary alicyclic amines) is 1. The van der Waals surface area contributed by atoms with Gasteiger partial charge in [-0.25, -0.2) is 9.78 Å². The highest BCUT2D eigenvalue weighted by atomic mass is 16.4. The van der Waals surface area contributed by atoms with Crippen molar-refractivity contribution in [3.8, 4) is 0 Å². The predicted molar refractivity (Wildman–Crippen MR) is 111 cm³/mol. The van der Waals surface area contributed by atoms with Crippen LogP contribution in [0.5, 0.6) is 0 Å². The van der Waals surface area contributed by atoms with Gasteiger partial charge in [0.2, 0.25) is 5.91 Å². The van der Waals surface area contributed by atoms with Crippen LogP contribution in [-0.4, -0.2) is 78.7 Å². The fraction of sp³-hybridized carbons (Fsp3) is 0.500. The molecule has 2 aliphatic heterocycles. The maximum atomic E-state index is 13.0. The maximum Gasteiger partial charge on any atom is 0.325 e. The lowest BCUT2D eigenvalue weighted by molar-refractivity contribution is -0.144. The molecular weight excluding hydrogens is 420 g/mol. The second-order valence-corrected chi connectivity index (χ2v) is 8.35. The van der Waals surface area contributed by atoms with E-state index < -0.39 is 30.0 Å². The van der Waals surface area contributed by atoms with E-state index in [2.05, 4.69) is 15.4 Å². The zero-order valence-electron chi connectivity index (χ0n) is 18.0. The SMILES string of the molecule is Cc1nc2c(c(C)c1CC(=O)N1CCC3(CC1)NC(=O)N(CC(=O)O)C3=O)c(=O)[nH]n2C. The van der Waals surface area contributed by atoms with E-state index in [1.807, 2.05) is 0 Å². The van der Waals surface area contributed by atoms with Crippen LogP contribution in [0, 0.1) is 13.8 Å². The van der Waals surface area contributed by atoms with Gasteiger partial charge in [-0.2, -0.15) is 0 Å². The van der Waals surface area contributed by atoms with Crippen LogP contribution in [0.15, 0.2) is 4.79 Å². The number of hydrogen-bond donors (Lipinski definition) is 3. The Labute approximate surface area is 182 Å². The van der Waals surface area contributed by atoms with Crippen molar-refractivity contribution >= 4 is 34.8 Å². The number of aromatic nitrogens is 3. The number of pyridine rings is 1. The largest absolute Gasteiger partial charge is 0.480 e. The number of amides is 4. The summed E-state index contributed by atoms with van der Waals surface area (Å²) in [7, 11) is 1.70. The molecule has 170 valence electrons. The molecule has 2 fully saturated rings. The van der Waals surface area contributed by atoms with Gasteiger partial charge in [0.25, 0.3) is 11.5 Å². The first-order chi connectivity index (χ1) is 15.0. The summed E-state index contributed by atoms with van der Waals surface area (Å²) in [5, 5.41) is 14.7. The minimum Gasteiger partial charge on any atom is -0.480 e. The summed E-state index contributed by atoms with van der Waals surface area (Å²) in [4.78, 5) is 67.7. The Hall–Kier alpha value is -3.70. The Kier molecular flexibility index (Phi) is 5.02. The molecule has 1 spiro atoms. The lowest BCUT2D eigenvalue weighted by atomic mass is 9.87. The van der Waals surface area contributed by atoms with Crippen molar-refractivity contribution in [2.45, 2.75) is 38.6 Å². The molecule has 0 atom stereocenters. The molecule has 3 N–H and O–H groups in total. The number of aromatic amines is 1. The molecule has 32 heavy (non-hydrogen) atoms. The molecule has 0 bridgehead atoms. The van der Waals surface area contributed by atoms with Crippen LogP contribution in [0.4, 0.5) is 4.79 Å². The highest BCUT2D eigenvalue weighted by Crippen LogP contribution is 2.30. The molecule has 4 rings (SSSR count). The zero-order chi connectivity index (χ0) is 23.4. The zero-order valence-corrected chi connectivity index (χ0v) is 18.0. The summed E-state index contributed by atoms with van der Waals surface area (Å²) < 4.78 is 1.55. The average Bonchev–Trinajstić information content (AvgIpc) is 3.12. The van der Waals surface area contributed by atoms with Crippen molar-refractivity contribution in [3.05, 3.63) is 27.2 Å². The topological polar surface area (TPSA) is 158 Å². The van der Waals surface area contributed by atoms with Crippen molar-refractivity contribution in [2.75, 3.05) is 19.6 Å². The first-order valence-corrected chi connectivity index (χ1v) is 10.2. The molecule has 2 aromatic rings. The maximum absolute atomic E-state index is 13.0. The van der Waals surface area contributed by atoms with Crippen LogP contribution >= 0.6 is 0 Å². The third-order valence-corrected chi connectivity index (χ3v) is 6.41. The van der Waals surface area contributed by atoms with Gasteiger partial charge in [-0.1, -0.05) is 0 Å². The minimum atomic E-state index is -1.27. The summed E-state index contributed by atoms with van der Waals surface area (Å²) in [6.07, 6.45) is 0.466. The van der Waals surface area contributed by atoms with Gasteiger partial charge in [-0.15, -0.1) is 0 Å². The van der Waals surface area contributed by atoms with Crippen LogP contribution < -0.4 is 10.9 Å². The van der Waals surface area contributed by atoms with Gasteiger partial charge in [-0.3, -0.25) is 33.9 Å². The number of carbonyl (C=O) groups excluding carboxylic acids is 3. The Bertz CT molecular complexity index is 1220. The number of piperidine rings is 1. The third-order valence-electron chi connectivity index (χ3n) is 6.41. The van der Waals surface area contributed by atoms with E-state index in [0.717, 1.165) is 0 Å². The second-order valence-electron chi connectivity index (χ2n) is 8.35. The van der Waals surface area contributed by atoms with Crippen molar-refractivity contribution in [1.29, 1.82) is 0 Å². The lowest BCUT2D eigenvalue weighted by Gasteiger charge is -2.37. The van der Waals surface area contributed by atoms with E-state index in [9.17, 15) is 24.0 Å². The van der Waals surface area contributed by atoms with Gasteiger partial charge in [0.15, 0.2) is 5.65 Å². The third kappa shape index (κ3) is 3.31. The van der Waals surface area contributed by atoms with Crippen LogP contribution in [0.25, 0.3) is 11.0 Å². The first kappa shape index (κ1) is 21.5. The number of aryl methyl sites for hydroxylation is 3. The van der Waals surface area contributed by atoms with Gasteiger partial charge in [0, 0.05) is 25.8 Å². The van der Waals surface area contributed by atoms with Crippen LogP contribution in [-0.2, 0) is 27.9 Å². The molecule has 0 saturated carbocycles. The van der Waals surface area contributed by atoms with Gasteiger partial charge >= 0.3 is 12.0 Å². The summed E-state index contributed by atoms with van der Waals surface area (Å²) in [6.45, 7) is 3.38. The number of carboxylic acid groups (broad SMARTS) is 1. The number of H-pyrrole nitrogens is 1. The van der Waals surface area contributed by atoms with E-state index in [-0.39, 0.29) is 43.8 Å². The highest BCUT2D eigenvalue weighted by Gasteiger charge is 2.53. The monoisotopic (exact) mass is 444 g/mol. The molecule has 0 aliphatic carbocycles. The number of carbonyl (C=O) groups is 4. The number of carboxylic acids is 1. The smallest absolute Gasteiger partial charge is 0.325 e. The number of nitrogens with one attached hydrogen (secondary N) is 2. The van der Waals surface area contributed by atoms with E-state index >= 15 is 0 Å². The Morgan fingerprint density at radius 2 is 1.81 bits per heavy atom. The van der Waals surface area contributed by atoms with Crippen molar-refractivity contribution < 1.29 is 24.3 Å². The average molecular weight is 444 g/mol. The molecule has 4 amide bonds. The number of urea groups is 1. The van der Waals surface area contributed by atoms with Crippen molar-refractivity contribution in [2.24, 2.45) is 7.05 Å². The lowest BCUT2D eigenvalue weighted by Crippen LogP contribution is -2.56. The summed E-state index contributed by atoms with van der Waals surface area (Å²) in [6, 6.07) is -0.726. The van der Waals surface area contributed by atoms with Gasteiger partial charge in [0.05, 0.1) is 11.8 Å². The second kappa shape index (κ2) is 7.46. The van der Waals surface area contributed by atoms with Gasteiger partial charge in [0.1, 0.15) is 12.1 Å².